The minimum Gasteiger partial charge on any atom is -0.339 e. The fraction of sp³-hybridized carbons (Fsp3) is 0.400. The first-order valence-electron chi connectivity index (χ1n) is 7.39. The molecule has 0 atom stereocenters. The van der Waals surface area contributed by atoms with Gasteiger partial charge in [-0.2, -0.15) is 10.1 Å². The van der Waals surface area contributed by atoms with Crippen LogP contribution in [0.5, 0.6) is 0 Å². The molecule has 0 radical (unpaired) electrons. The van der Waals surface area contributed by atoms with Crippen molar-refractivity contribution in [2.75, 3.05) is 23.3 Å². The van der Waals surface area contributed by atoms with Crippen LogP contribution in [-0.2, 0) is 0 Å². The highest BCUT2D eigenvalue weighted by Gasteiger charge is 2.13. The first-order chi connectivity index (χ1) is 10.7. The Labute approximate surface area is 139 Å². The highest BCUT2D eigenvalue weighted by Crippen LogP contribution is 2.26. The average molecular weight is 338 g/mol. The molecule has 0 bridgehead atoms. The van der Waals surface area contributed by atoms with E-state index in [0.717, 1.165) is 18.8 Å². The molecule has 1 fully saturated rings. The molecular formula is C15H17Cl2N5. The Kier molecular flexibility index (Phi) is 4.95. The normalized spacial score (nSPS) is 15.5. The monoisotopic (exact) mass is 337 g/mol. The molecule has 2 aromatic rings. The first-order valence-corrected chi connectivity index (χ1v) is 8.15. The number of halogens is 2. The van der Waals surface area contributed by atoms with Crippen molar-refractivity contribution in [1.29, 1.82) is 0 Å². The van der Waals surface area contributed by atoms with Crippen molar-refractivity contribution in [3.05, 3.63) is 34.4 Å². The summed E-state index contributed by atoms with van der Waals surface area (Å²) in [7, 11) is 0. The number of benzene rings is 1. The van der Waals surface area contributed by atoms with Crippen LogP contribution in [0.15, 0.2) is 24.4 Å². The highest BCUT2D eigenvalue weighted by atomic mass is 35.5. The van der Waals surface area contributed by atoms with Crippen molar-refractivity contribution in [2.24, 2.45) is 0 Å². The van der Waals surface area contributed by atoms with Gasteiger partial charge in [0.15, 0.2) is 5.82 Å². The van der Waals surface area contributed by atoms with Gasteiger partial charge in [-0.15, -0.1) is 5.10 Å². The van der Waals surface area contributed by atoms with Gasteiger partial charge in [-0.25, -0.2) is 0 Å². The summed E-state index contributed by atoms with van der Waals surface area (Å²) in [6.45, 7) is 1.97. The summed E-state index contributed by atoms with van der Waals surface area (Å²) in [5.41, 5.74) is 0.816. The van der Waals surface area contributed by atoms with Crippen molar-refractivity contribution < 1.29 is 0 Å². The first kappa shape index (κ1) is 15.3. The van der Waals surface area contributed by atoms with Gasteiger partial charge >= 0.3 is 0 Å². The average Bonchev–Trinajstić information content (AvgIpc) is 2.80. The fourth-order valence-corrected chi connectivity index (χ4v) is 2.78. The Morgan fingerprint density at radius 3 is 2.50 bits per heavy atom. The van der Waals surface area contributed by atoms with Crippen LogP contribution in [0.2, 0.25) is 10.0 Å². The second-order valence-corrected chi connectivity index (χ2v) is 6.11. The van der Waals surface area contributed by atoms with Gasteiger partial charge in [0.05, 0.1) is 16.2 Å². The van der Waals surface area contributed by atoms with E-state index in [4.69, 9.17) is 23.2 Å². The lowest BCUT2D eigenvalue weighted by atomic mass is 10.2. The van der Waals surface area contributed by atoms with Crippen LogP contribution in [0.3, 0.4) is 0 Å². The Balaban J connectivity index is 1.76. The van der Waals surface area contributed by atoms with Crippen molar-refractivity contribution in [2.45, 2.75) is 25.7 Å². The van der Waals surface area contributed by atoms with Crippen molar-refractivity contribution in [3.8, 4) is 0 Å². The topological polar surface area (TPSA) is 53.9 Å². The number of rotatable bonds is 3. The third-order valence-electron chi connectivity index (χ3n) is 3.63. The van der Waals surface area contributed by atoms with Crippen LogP contribution in [0.25, 0.3) is 0 Å². The zero-order chi connectivity index (χ0) is 15.4. The molecule has 0 spiro atoms. The predicted molar refractivity (Wildman–Crippen MR) is 90.3 cm³/mol. The van der Waals surface area contributed by atoms with Gasteiger partial charge in [0.1, 0.15) is 0 Å². The second-order valence-electron chi connectivity index (χ2n) is 5.30. The van der Waals surface area contributed by atoms with E-state index < -0.39 is 0 Å². The standard InChI is InChI=1S/C15H17Cl2N5/c16-12-6-5-11(9-13(12)17)19-14-10-18-21-15(20-14)22-7-3-1-2-4-8-22/h5-6,9-10H,1-4,7-8H2,(H,19,20,21). The lowest BCUT2D eigenvalue weighted by Gasteiger charge is -2.19. The Morgan fingerprint density at radius 2 is 1.77 bits per heavy atom. The van der Waals surface area contributed by atoms with Gasteiger partial charge in [-0.1, -0.05) is 36.0 Å². The smallest absolute Gasteiger partial charge is 0.247 e. The number of hydrogen-bond acceptors (Lipinski definition) is 5. The summed E-state index contributed by atoms with van der Waals surface area (Å²) in [5.74, 6) is 1.32. The predicted octanol–water partition coefficient (Wildman–Crippen LogP) is 4.30. The lowest BCUT2D eigenvalue weighted by molar-refractivity contribution is 0.726. The lowest BCUT2D eigenvalue weighted by Crippen LogP contribution is -2.26. The van der Waals surface area contributed by atoms with Gasteiger partial charge in [0.25, 0.3) is 0 Å². The molecule has 1 aromatic heterocycles. The number of aromatic nitrogens is 3. The molecule has 1 aliphatic rings. The van der Waals surface area contributed by atoms with Crippen LogP contribution in [0, 0.1) is 0 Å². The molecule has 0 aliphatic carbocycles. The molecule has 0 unspecified atom stereocenters. The summed E-state index contributed by atoms with van der Waals surface area (Å²) >= 11 is 11.9. The molecule has 116 valence electrons. The molecule has 1 aliphatic heterocycles. The molecule has 1 saturated heterocycles. The van der Waals surface area contributed by atoms with Crippen LogP contribution in [0.1, 0.15) is 25.7 Å². The van der Waals surface area contributed by atoms with E-state index in [2.05, 4.69) is 25.4 Å². The number of nitrogens with zero attached hydrogens (tertiary/aromatic N) is 4. The van der Waals surface area contributed by atoms with E-state index in [1.807, 2.05) is 6.07 Å². The number of nitrogens with one attached hydrogen (secondary N) is 1. The molecule has 2 heterocycles. The van der Waals surface area contributed by atoms with Gasteiger partial charge in [0.2, 0.25) is 5.95 Å². The van der Waals surface area contributed by atoms with Crippen LogP contribution < -0.4 is 10.2 Å². The molecular weight excluding hydrogens is 321 g/mol. The van der Waals surface area contributed by atoms with Gasteiger partial charge < -0.3 is 10.2 Å². The second kappa shape index (κ2) is 7.11. The quantitative estimate of drug-likeness (QED) is 0.904. The molecule has 1 N–H and O–H groups in total. The fourth-order valence-electron chi connectivity index (χ4n) is 2.48. The van der Waals surface area contributed by atoms with Gasteiger partial charge in [0, 0.05) is 18.8 Å². The van der Waals surface area contributed by atoms with Crippen LogP contribution in [-0.4, -0.2) is 28.3 Å². The van der Waals surface area contributed by atoms with Crippen molar-refractivity contribution in [1.82, 2.24) is 15.2 Å². The minimum atomic E-state index is 0.501. The van der Waals surface area contributed by atoms with Gasteiger partial charge in [-0.05, 0) is 31.0 Å². The Morgan fingerprint density at radius 1 is 1.00 bits per heavy atom. The maximum atomic E-state index is 6.02. The van der Waals surface area contributed by atoms with E-state index in [9.17, 15) is 0 Å². The summed E-state index contributed by atoms with van der Waals surface area (Å²) in [6.07, 6.45) is 6.49. The third-order valence-corrected chi connectivity index (χ3v) is 4.37. The Bertz CT molecular complexity index is 642. The van der Waals surface area contributed by atoms with Crippen molar-refractivity contribution in [3.63, 3.8) is 0 Å². The highest BCUT2D eigenvalue weighted by molar-refractivity contribution is 6.42. The maximum absolute atomic E-state index is 6.02. The summed E-state index contributed by atoms with van der Waals surface area (Å²) in [4.78, 5) is 6.75. The van der Waals surface area contributed by atoms with Crippen LogP contribution >= 0.6 is 23.2 Å². The minimum absolute atomic E-state index is 0.501. The van der Waals surface area contributed by atoms with E-state index in [1.54, 1.807) is 18.3 Å². The third kappa shape index (κ3) is 3.78. The molecule has 22 heavy (non-hydrogen) atoms. The molecule has 1 aromatic carbocycles. The van der Waals surface area contributed by atoms with Gasteiger partial charge in [-0.3, -0.25) is 0 Å². The van der Waals surface area contributed by atoms with E-state index in [-0.39, 0.29) is 0 Å². The van der Waals surface area contributed by atoms with E-state index >= 15 is 0 Å². The summed E-state index contributed by atoms with van der Waals surface area (Å²) in [6, 6.07) is 5.36. The molecule has 5 nitrogen and oxygen atoms in total. The number of anilines is 3. The SMILES string of the molecule is Clc1ccc(Nc2cnnc(N3CCCCCC3)n2)cc1Cl. The largest absolute Gasteiger partial charge is 0.339 e. The van der Waals surface area contributed by atoms with Crippen molar-refractivity contribution >= 4 is 40.7 Å². The zero-order valence-corrected chi connectivity index (χ0v) is 13.6. The Hall–Kier alpha value is -1.59. The van der Waals surface area contributed by atoms with E-state index in [1.165, 1.54) is 25.7 Å². The number of hydrogen-bond donors (Lipinski definition) is 1. The molecule has 0 amide bonds. The zero-order valence-electron chi connectivity index (χ0n) is 12.1. The summed E-state index contributed by atoms with van der Waals surface area (Å²) < 4.78 is 0. The van der Waals surface area contributed by atoms with Crippen LogP contribution in [0.4, 0.5) is 17.5 Å². The van der Waals surface area contributed by atoms with E-state index in [0.29, 0.717) is 21.8 Å². The molecule has 7 heteroatoms. The molecule has 0 saturated carbocycles. The molecule has 3 rings (SSSR count). The maximum Gasteiger partial charge on any atom is 0.247 e. The summed E-state index contributed by atoms with van der Waals surface area (Å²) in [5, 5.41) is 12.4.